The second kappa shape index (κ2) is 7.94. The van der Waals surface area contributed by atoms with Crippen LogP contribution in [0.25, 0.3) is 0 Å². The first-order valence-corrected chi connectivity index (χ1v) is 6.83. The fourth-order valence-corrected chi connectivity index (χ4v) is 2.88. The highest BCUT2D eigenvalue weighted by atomic mass is 35.5. The minimum atomic E-state index is -0.133. The molecule has 21 heavy (non-hydrogen) atoms. The van der Waals surface area contributed by atoms with E-state index in [2.05, 4.69) is 10.3 Å². The molecule has 1 spiro atoms. The number of halogens is 2. The average molecular weight is 334 g/mol. The van der Waals surface area contributed by atoms with E-state index in [0.29, 0.717) is 25.3 Å². The lowest BCUT2D eigenvalue weighted by Crippen LogP contribution is -2.57. The van der Waals surface area contributed by atoms with Crippen LogP contribution in [0.15, 0.2) is 24.5 Å². The number of pyridine rings is 1. The van der Waals surface area contributed by atoms with Crippen molar-refractivity contribution in [1.82, 2.24) is 15.2 Å². The molecule has 1 N–H and O–H groups in total. The lowest BCUT2D eigenvalue weighted by atomic mass is 9.90. The molecule has 2 fully saturated rings. The molecule has 0 atom stereocenters. The van der Waals surface area contributed by atoms with Gasteiger partial charge < -0.3 is 15.0 Å². The van der Waals surface area contributed by atoms with Crippen molar-refractivity contribution in [2.75, 3.05) is 32.8 Å². The normalized spacial score (nSPS) is 20.3. The molecule has 3 heterocycles. The maximum absolute atomic E-state index is 12.5. The third-order valence-corrected chi connectivity index (χ3v) is 3.98. The minimum Gasteiger partial charge on any atom is -0.371 e. The van der Waals surface area contributed by atoms with Crippen LogP contribution in [0.4, 0.5) is 0 Å². The summed E-state index contributed by atoms with van der Waals surface area (Å²) in [5.74, 6) is 0.0867. The van der Waals surface area contributed by atoms with Gasteiger partial charge in [0.2, 0.25) is 0 Å². The smallest absolute Gasteiger partial charge is 0.254 e. The number of aromatic nitrogens is 1. The number of hydrogen-bond acceptors (Lipinski definition) is 4. The predicted molar refractivity (Wildman–Crippen MR) is 85.4 cm³/mol. The molecule has 0 unspecified atom stereocenters. The van der Waals surface area contributed by atoms with Crippen molar-refractivity contribution in [1.29, 1.82) is 0 Å². The van der Waals surface area contributed by atoms with Crippen molar-refractivity contribution >= 4 is 30.7 Å². The number of morpholine rings is 1. The molecular weight excluding hydrogens is 313 g/mol. The molecule has 7 heteroatoms. The summed E-state index contributed by atoms with van der Waals surface area (Å²) in [6, 6.07) is 3.54. The molecule has 2 aliphatic heterocycles. The highest BCUT2D eigenvalue weighted by Crippen LogP contribution is 2.28. The Morgan fingerprint density at radius 2 is 1.90 bits per heavy atom. The summed E-state index contributed by atoms with van der Waals surface area (Å²) in [4.78, 5) is 18.3. The largest absolute Gasteiger partial charge is 0.371 e. The van der Waals surface area contributed by atoms with Gasteiger partial charge in [0.05, 0.1) is 18.8 Å². The SMILES string of the molecule is Cl.Cl.O=C(c1ccncc1)N1CCOC2(CCNCC2)C1. The second-order valence-corrected chi connectivity index (χ2v) is 5.24. The van der Waals surface area contributed by atoms with Gasteiger partial charge in [0.25, 0.3) is 5.91 Å². The van der Waals surface area contributed by atoms with Crippen LogP contribution >= 0.6 is 24.8 Å². The van der Waals surface area contributed by atoms with Crippen LogP contribution < -0.4 is 5.32 Å². The fourth-order valence-electron chi connectivity index (χ4n) is 2.88. The molecule has 1 amide bonds. The number of hydrogen-bond donors (Lipinski definition) is 1. The predicted octanol–water partition coefficient (Wildman–Crippen LogP) is 1.52. The van der Waals surface area contributed by atoms with Crippen molar-refractivity contribution in [3.8, 4) is 0 Å². The fraction of sp³-hybridized carbons (Fsp3) is 0.571. The van der Waals surface area contributed by atoms with Gasteiger partial charge in [0, 0.05) is 24.5 Å². The first kappa shape index (κ1) is 18.2. The van der Waals surface area contributed by atoms with Crippen molar-refractivity contribution in [3.05, 3.63) is 30.1 Å². The standard InChI is InChI=1S/C14H19N3O2.2ClH/c18-13(12-1-5-15-6-2-12)17-9-10-19-14(11-17)3-7-16-8-4-14;;/h1-2,5-6,16H,3-4,7-11H2;2*1H. The topological polar surface area (TPSA) is 54.5 Å². The summed E-state index contributed by atoms with van der Waals surface area (Å²) in [7, 11) is 0. The first-order valence-electron chi connectivity index (χ1n) is 6.83. The van der Waals surface area contributed by atoms with Gasteiger partial charge in [-0.1, -0.05) is 0 Å². The zero-order chi connectivity index (χ0) is 13.1. The third kappa shape index (κ3) is 4.07. The zero-order valence-electron chi connectivity index (χ0n) is 11.8. The van der Waals surface area contributed by atoms with Crippen LogP contribution in [0.3, 0.4) is 0 Å². The molecular formula is C14H21Cl2N3O2. The minimum absolute atomic E-state index is 0. The van der Waals surface area contributed by atoms with Gasteiger partial charge in [0.1, 0.15) is 0 Å². The van der Waals surface area contributed by atoms with Crippen LogP contribution in [0, 0.1) is 0 Å². The highest BCUT2D eigenvalue weighted by Gasteiger charge is 2.39. The van der Waals surface area contributed by atoms with Gasteiger partial charge >= 0.3 is 0 Å². The lowest BCUT2D eigenvalue weighted by Gasteiger charge is -2.45. The number of nitrogens with zero attached hydrogens (tertiary/aromatic N) is 2. The molecule has 0 bridgehead atoms. The van der Waals surface area contributed by atoms with Crippen molar-refractivity contribution in [2.45, 2.75) is 18.4 Å². The van der Waals surface area contributed by atoms with E-state index < -0.39 is 0 Å². The van der Waals surface area contributed by atoms with Crippen molar-refractivity contribution in [2.24, 2.45) is 0 Å². The van der Waals surface area contributed by atoms with Gasteiger partial charge in [-0.05, 0) is 38.1 Å². The van der Waals surface area contributed by atoms with E-state index in [-0.39, 0.29) is 36.3 Å². The maximum Gasteiger partial charge on any atom is 0.254 e. The number of carbonyl (C=O) groups is 1. The van der Waals surface area contributed by atoms with Gasteiger partial charge in [-0.2, -0.15) is 0 Å². The number of ether oxygens (including phenoxy) is 1. The highest BCUT2D eigenvalue weighted by molar-refractivity contribution is 5.94. The number of nitrogens with one attached hydrogen (secondary N) is 1. The third-order valence-electron chi connectivity index (χ3n) is 3.98. The Morgan fingerprint density at radius 3 is 2.57 bits per heavy atom. The van der Waals surface area contributed by atoms with Crippen LogP contribution in [0.1, 0.15) is 23.2 Å². The van der Waals surface area contributed by atoms with E-state index >= 15 is 0 Å². The van der Waals surface area contributed by atoms with Crippen LogP contribution in [0.2, 0.25) is 0 Å². The molecule has 5 nitrogen and oxygen atoms in total. The van der Waals surface area contributed by atoms with E-state index in [1.165, 1.54) is 0 Å². The van der Waals surface area contributed by atoms with E-state index in [1.54, 1.807) is 24.5 Å². The van der Waals surface area contributed by atoms with Gasteiger partial charge in [-0.25, -0.2) is 0 Å². The van der Waals surface area contributed by atoms with Crippen LogP contribution in [-0.4, -0.2) is 54.2 Å². The summed E-state index contributed by atoms with van der Waals surface area (Å²) >= 11 is 0. The quantitative estimate of drug-likeness (QED) is 0.846. The molecule has 2 saturated heterocycles. The number of rotatable bonds is 1. The molecule has 0 aliphatic carbocycles. The average Bonchev–Trinajstić information content (AvgIpc) is 2.48. The van der Waals surface area contributed by atoms with Crippen molar-refractivity contribution in [3.63, 3.8) is 0 Å². The Bertz CT molecular complexity index is 447. The van der Waals surface area contributed by atoms with Crippen molar-refractivity contribution < 1.29 is 9.53 Å². The van der Waals surface area contributed by atoms with E-state index in [0.717, 1.165) is 25.9 Å². The Hall–Kier alpha value is -0.880. The van der Waals surface area contributed by atoms with Crippen LogP contribution in [0.5, 0.6) is 0 Å². The molecule has 118 valence electrons. The molecule has 0 saturated carbocycles. The summed E-state index contributed by atoms with van der Waals surface area (Å²) < 4.78 is 5.98. The molecule has 1 aromatic rings. The Kier molecular flexibility index (Phi) is 6.87. The number of amides is 1. The molecule has 0 radical (unpaired) electrons. The van der Waals surface area contributed by atoms with Crippen LogP contribution in [-0.2, 0) is 4.74 Å². The molecule has 2 aliphatic rings. The van der Waals surface area contributed by atoms with Gasteiger partial charge in [-0.15, -0.1) is 24.8 Å². The lowest BCUT2D eigenvalue weighted by molar-refractivity contribution is -0.114. The van der Waals surface area contributed by atoms with E-state index in [1.807, 2.05) is 4.90 Å². The zero-order valence-corrected chi connectivity index (χ0v) is 13.4. The Balaban J connectivity index is 0.00000110. The molecule has 1 aromatic heterocycles. The van der Waals surface area contributed by atoms with E-state index in [9.17, 15) is 4.79 Å². The first-order chi connectivity index (χ1) is 9.29. The van der Waals surface area contributed by atoms with Gasteiger partial charge in [-0.3, -0.25) is 9.78 Å². The maximum atomic E-state index is 12.5. The van der Waals surface area contributed by atoms with E-state index in [4.69, 9.17) is 4.74 Å². The Morgan fingerprint density at radius 1 is 1.24 bits per heavy atom. The number of piperidine rings is 1. The molecule has 3 rings (SSSR count). The summed E-state index contributed by atoms with van der Waals surface area (Å²) in [6.45, 7) is 3.96. The monoisotopic (exact) mass is 333 g/mol. The summed E-state index contributed by atoms with van der Waals surface area (Å²) in [6.07, 6.45) is 5.28. The summed E-state index contributed by atoms with van der Waals surface area (Å²) in [5, 5.41) is 3.34. The number of carbonyl (C=O) groups excluding carboxylic acids is 1. The van der Waals surface area contributed by atoms with Gasteiger partial charge in [0.15, 0.2) is 0 Å². The Labute approximate surface area is 137 Å². The molecule has 0 aromatic carbocycles. The second-order valence-electron chi connectivity index (χ2n) is 5.24. The summed E-state index contributed by atoms with van der Waals surface area (Å²) in [5.41, 5.74) is 0.576.